The molecule has 7 nitrogen and oxygen atoms in total. The number of hydrogen-bond donors (Lipinski definition) is 2. The molecule has 1 aromatic rings. The van der Waals surface area contributed by atoms with Gasteiger partial charge in [-0.1, -0.05) is 12.8 Å². The quantitative estimate of drug-likeness (QED) is 0.506. The van der Waals surface area contributed by atoms with Gasteiger partial charge in [-0.2, -0.15) is 0 Å². The molecule has 0 bridgehead atoms. The number of nitrogens with one attached hydrogen (secondary N) is 1. The van der Waals surface area contributed by atoms with Crippen molar-refractivity contribution in [1.29, 1.82) is 0 Å². The SMILES string of the molecule is COc1cc([C@@H]2NC(=O)N(C)C(C)=C2C(=O)OC2CCCCCC2)cc(Br)c1O. The van der Waals surface area contributed by atoms with E-state index in [9.17, 15) is 14.7 Å². The van der Waals surface area contributed by atoms with E-state index in [4.69, 9.17) is 9.47 Å². The summed E-state index contributed by atoms with van der Waals surface area (Å²) in [6, 6.07) is 2.26. The average Bonchev–Trinajstić information content (AvgIpc) is 2.96. The summed E-state index contributed by atoms with van der Waals surface area (Å²) in [7, 11) is 3.06. The molecule has 0 saturated heterocycles. The van der Waals surface area contributed by atoms with E-state index >= 15 is 0 Å². The molecule has 1 aliphatic carbocycles. The molecule has 1 saturated carbocycles. The summed E-state index contributed by atoms with van der Waals surface area (Å²) in [5.41, 5.74) is 1.54. The van der Waals surface area contributed by atoms with Gasteiger partial charge in [-0.15, -0.1) is 0 Å². The van der Waals surface area contributed by atoms with Gasteiger partial charge in [-0.25, -0.2) is 9.59 Å². The van der Waals surface area contributed by atoms with E-state index in [0.717, 1.165) is 25.7 Å². The predicted molar refractivity (Wildman–Crippen MR) is 112 cm³/mol. The minimum Gasteiger partial charge on any atom is -0.503 e. The lowest BCUT2D eigenvalue weighted by Crippen LogP contribution is -2.46. The van der Waals surface area contributed by atoms with Crippen molar-refractivity contribution in [2.75, 3.05) is 14.2 Å². The normalized spacial score (nSPS) is 20.9. The van der Waals surface area contributed by atoms with Gasteiger partial charge in [-0.05, 0) is 66.2 Å². The highest BCUT2D eigenvalue weighted by Gasteiger charge is 2.36. The first-order chi connectivity index (χ1) is 13.8. The largest absolute Gasteiger partial charge is 0.503 e. The lowest BCUT2D eigenvalue weighted by molar-refractivity contribution is -0.145. The summed E-state index contributed by atoms with van der Waals surface area (Å²) in [5.74, 6) is -0.218. The molecule has 3 rings (SSSR count). The molecule has 0 unspecified atom stereocenters. The number of rotatable bonds is 4. The highest BCUT2D eigenvalue weighted by Crippen LogP contribution is 2.40. The summed E-state index contributed by atoms with van der Waals surface area (Å²) >= 11 is 3.31. The Bertz CT molecular complexity index is 831. The lowest BCUT2D eigenvalue weighted by atomic mass is 9.94. The van der Waals surface area contributed by atoms with Gasteiger partial charge in [0.15, 0.2) is 11.5 Å². The summed E-state index contributed by atoms with van der Waals surface area (Å²) in [6.07, 6.45) is 6.07. The molecule has 1 fully saturated rings. The van der Waals surface area contributed by atoms with Crippen LogP contribution in [0.25, 0.3) is 0 Å². The molecule has 0 aromatic heterocycles. The van der Waals surface area contributed by atoms with Crippen molar-refractivity contribution >= 4 is 27.9 Å². The number of nitrogens with zero attached hydrogens (tertiary/aromatic N) is 1. The molecule has 1 aliphatic heterocycles. The van der Waals surface area contributed by atoms with E-state index in [1.165, 1.54) is 24.9 Å². The summed E-state index contributed by atoms with van der Waals surface area (Å²) in [5, 5.41) is 13.0. The van der Waals surface area contributed by atoms with Crippen molar-refractivity contribution in [2.45, 2.75) is 57.6 Å². The van der Waals surface area contributed by atoms with Crippen LogP contribution >= 0.6 is 15.9 Å². The molecule has 0 spiro atoms. The zero-order valence-corrected chi connectivity index (χ0v) is 18.5. The Kier molecular flexibility index (Phi) is 6.72. The third-order valence-electron chi connectivity index (χ3n) is 5.65. The van der Waals surface area contributed by atoms with Crippen molar-refractivity contribution in [3.05, 3.63) is 33.4 Å². The Labute approximate surface area is 179 Å². The van der Waals surface area contributed by atoms with E-state index in [1.54, 1.807) is 26.1 Å². The van der Waals surface area contributed by atoms with Gasteiger partial charge >= 0.3 is 12.0 Å². The number of aromatic hydroxyl groups is 1. The number of esters is 1. The molecule has 0 radical (unpaired) electrons. The maximum atomic E-state index is 13.2. The molecular weight excluding hydrogens is 440 g/mol. The van der Waals surface area contributed by atoms with Crippen molar-refractivity contribution in [2.24, 2.45) is 0 Å². The number of carbonyl (C=O) groups excluding carboxylic acids is 2. The van der Waals surface area contributed by atoms with Crippen LogP contribution in [-0.4, -0.2) is 42.3 Å². The molecule has 2 amide bonds. The predicted octanol–water partition coefficient (Wildman–Crippen LogP) is 4.40. The number of phenols is 1. The fourth-order valence-electron chi connectivity index (χ4n) is 3.84. The van der Waals surface area contributed by atoms with Crippen LogP contribution in [-0.2, 0) is 9.53 Å². The Morgan fingerprint density at radius 1 is 1.24 bits per heavy atom. The van der Waals surface area contributed by atoms with Gasteiger partial charge < -0.3 is 24.8 Å². The number of carbonyl (C=O) groups is 2. The standard InChI is InChI=1S/C21H27BrN2O5/c1-12-17(20(26)29-14-8-6-4-5-7-9-14)18(23-21(27)24(12)2)13-10-15(22)19(25)16(11-13)28-3/h10-11,14,18,25H,4-9H2,1-3H3,(H,23,27)/t18-/m0/s1. The first-order valence-electron chi connectivity index (χ1n) is 9.85. The maximum Gasteiger partial charge on any atom is 0.338 e. The van der Waals surface area contributed by atoms with Gasteiger partial charge in [0.25, 0.3) is 0 Å². The van der Waals surface area contributed by atoms with Crippen LogP contribution in [0.1, 0.15) is 57.1 Å². The van der Waals surface area contributed by atoms with E-state index < -0.39 is 12.0 Å². The number of halogens is 1. The monoisotopic (exact) mass is 466 g/mol. The minimum absolute atomic E-state index is 0.0428. The van der Waals surface area contributed by atoms with Gasteiger partial charge in [0.2, 0.25) is 0 Å². The van der Waals surface area contributed by atoms with E-state index in [-0.39, 0.29) is 23.6 Å². The third-order valence-corrected chi connectivity index (χ3v) is 6.26. The highest BCUT2D eigenvalue weighted by molar-refractivity contribution is 9.10. The molecule has 2 aliphatic rings. The minimum atomic E-state index is -0.706. The molecule has 2 N–H and O–H groups in total. The number of methoxy groups -OCH3 is 1. The highest BCUT2D eigenvalue weighted by atomic mass is 79.9. The number of ether oxygens (including phenoxy) is 2. The van der Waals surface area contributed by atoms with Crippen LogP contribution in [0.3, 0.4) is 0 Å². The molecule has 1 heterocycles. The Morgan fingerprint density at radius 2 is 1.90 bits per heavy atom. The van der Waals surface area contributed by atoms with E-state index in [0.29, 0.717) is 21.3 Å². The third kappa shape index (κ3) is 4.52. The maximum absolute atomic E-state index is 13.2. The van der Waals surface area contributed by atoms with Crippen LogP contribution < -0.4 is 10.1 Å². The zero-order valence-electron chi connectivity index (χ0n) is 17.0. The van der Waals surface area contributed by atoms with Gasteiger partial charge in [0.05, 0.1) is 23.2 Å². The van der Waals surface area contributed by atoms with Crippen molar-refractivity contribution in [3.8, 4) is 11.5 Å². The van der Waals surface area contributed by atoms with Crippen molar-refractivity contribution < 1.29 is 24.2 Å². The number of benzene rings is 1. The number of phenolic OH excluding ortho intramolecular Hbond substituents is 1. The number of amides is 2. The molecule has 158 valence electrons. The first kappa shape index (κ1) is 21.5. The Hall–Kier alpha value is -2.22. The molecule has 1 aromatic carbocycles. The second-order valence-corrected chi connectivity index (χ2v) is 8.37. The number of urea groups is 1. The van der Waals surface area contributed by atoms with Crippen LogP contribution in [0.4, 0.5) is 4.79 Å². The topological polar surface area (TPSA) is 88.1 Å². The molecule has 1 atom stereocenters. The second-order valence-electron chi connectivity index (χ2n) is 7.51. The second kappa shape index (κ2) is 9.07. The molecule has 29 heavy (non-hydrogen) atoms. The number of allylic oxidation sites excluding steroid dienone is 1. The van der Waals surface area contributed by atoms with Crippen molar-refractivity contribution in [1.82, 2.24) is 10.2 Å². The van der Waals surface area contributed by atoms with Crippen LogP contribution in [0.15, 0.2) is 27.9 Å². The number of hydrogen-bond acceptors (Lipinski definition) is 5. The van der Waals surface area contributed by atoms with Crippen LogP contribution in [0.5, 0.6) is 11.5 Å². The average molecular weight is 467 g/mol. The molecular formula is C21H27BrN2O5. The Morgan fingerprint density at radius 3 is 2.52 bits per heavy atom. The van der Waals surface area contributed by atoms with Gasteiger partial charge in [0, 0.05) is 12.7 Å². The van der Waals surface area contributed by atoms with Crippen LogP contribution in [0, 0.1) is 0 Å². The fraction of sp³-hybridized carbons (Fsp3) is 0.524. The first-order valence-corrected chi connectivity index (χ1v) is 10.6. The Balaban J connectivity index is 1.97. The molecule has 8 heteroatoms. The van der Waals surface area contributed by atoms with E-state index in [1.807, 2.05) is 0 Å². The summed E-state index contributed by atoms with van der Waals surface area (Å²) in [6.45, 7) is 1.74. The van der Waals surface area contributed by atoms with E-state index in [2.05, 4.69) is 21.2 Å². The summed E-state index contributed by atoms with van der Waals surface area (Å²) < 4.78 is 11.5. The van der Waals surface area contributed by atoms with Gasteiger partial charge in [-0.3, -0.25) is 0 Å². The fourth-order valence-corrected chi connectivity index (χ4v) is 4.30. The summed E-state index contributed by atoms with van der Waals surface area (Å²) in [4.78, 5) is 27.0. The zero-order chi connectivity index (χ0) is 21.1. The smallest absolute Gasteiger partial charge is 0.338 e. The van der Waals surface area contributed by atoms with Crippen molar-refractivity contribution in [3.63, 3.8) is 0 Å². The van der Waals surface area contributed by atoms with Gasteiger partial charge in [0.1, 0.15) is 6.10 Å². The van der Waals surface area contributed by atoms with Crippen LogP contribution in [0.2, 0.25) is 0 Å². The lowest BCUT2D eigenvalue weighted by Gasteiger charge is -2.34.